The summed E-state index contributed by atoms with van der Waals surface area (Å²) in [7, 11) is 0. The summed E-state index contributed by atoms with van der Waals surface area (Å²) in [5, 5.41) is 2.92. The number of carbonyl (C=O) groups excluding carboxylic acids is 2. The molecule has 6 nitrogen and oxygen atoms in total. The van der Waals surface area contributed by atoms with Crippen molar-refractivity contribution in [3.8, 4) is 0 Å². The summed E-state index contributed by atoms with van der Waals surface area (Å²) in [4.78, 5) is 28.0. The number of ether oxygens (including phenoxy) is 1. The SMILES string of the molecule is O=C1CO[C@H]2CCN(C(=O)N3CC4(CC(Cc5c(F)cccc5F)C4)C3)C[C@H]2N1. The van der Waals surface area contributed by atoms with Crippen LogP contribution in [0.25, 0.3) is 0 Å². The minimum Gasteiger partial charge on any atom is -0.366 e. The fourth-order valence-corrected chi connectivity index (χ4v) is 5.56. The summed E-state index contributed by atoms with van der Waals surface area (Å²) < 4.78 is 33.2. The average molecular weight is 405 g/mol. The Hall–Kier alpha value is -2.22. The molecule has 1 aromatic carbocycles. The van der Waals surface area contributed by atoms with Gasteiger partial charge in [0.05, 0.1) is 12.1 Å². The lowest BCUT2D eigenvalue weighted by Gasteiger charge is -2.60. The Morgan fingerprint density at radius 2 is 1.93 bits per heavy atom. The summed E-state index contributed by atoms with van der Waals surface area (Å²) in [5.74, 6) is -0.809. The number of amides is 3. The molecule has 2 atom stereocenters. The van der Waals surface area contributed by atoms with Crippen molar-refractivity contribution in [3.63, 3.8) is 0 Å². The first kappa shape index (κ1) is 18.8. The van der Waals surface area contributed by atoms with Crippen molar-refractivity contribution in [3.05, 3.63) is 35.4 Å². The number of benzene rings is 1. The van der Waals surface area contributed by atoms with Gasteiger partial charge < -0.3 is 19.9 Å². The van der Waals surface area contributed by atoms with Gasteiger partial charge in [-0.3, -0.25) is 4.79 Å². The second-order valence-corrected chi connectivity index (χ2v) is 9.08. The van der Waals surface area contributed by atoms with Gasteiger partial charge in [0, 0.05) is 37.2 Å². The second kappa shape index (κ2) is 6.93. The highest BCUT2D eigenvalue weighted by Gasteiger charge is 2.54. The molecule has 3 saturated heterocycles. The van der Waals surface area contributed by atoms with Crippen LogP contribution in [0, 0.1) is 23.0 Å². The van der Waals surface area contributed by atoms with Gasteiger partial charge >= 0.3 is 6.03 Å². The highest BCUT2D eigenvalue weighted by atomic mass is 19.1. The number of likely N-dealkylation sites (tertiary alicyclic amines) is 2. The van der Waals surface area contributed by atoms with Crippen LogP contribution in [-0.4, -0.2) is 66.7 Å². The first-order valence-electron chi connectivity index (χ1n) is 10.3. The molecule has 1 aromatic rings. The van der Waals surface area contributed by atoms with Crippen molar-refractivity contribution in [2.75, 3.05) is 32.8 Å². The molecule has 0 radical (unpaired) electrons. The topological polar surface area (TPSA) is 61.9 Å². The van der Waals surface area contributed by atoms with Crippen LogP contribution in [0.15, 0.2) is 18.2 Å². The van der Waals surface area contributed by atoms with Gasteiger partial charge in [0.25, 0.3) is 0 Å². The molecule has 29 heavy (non-hydrogen) atoms. The number of morpholine rings is 1. The summed E-state index contributed by atoms with van der Waals surface area (Å²) in [5.41, 5.74) is 0.293. The molecule has 0 unspecified atom stereocenters. The highest BCUT2D eigenvalue weighted by Crippen LogP contribution is 2.53. The molecule has 3 heterocycles. The third-order valence-corrected chi connectivity index (χ3v) is 6.92. The van der Waals surface area contributed by atoms with Gasteiger partial charge in [-0.2, -0.15) is 0 Å². The second-order valence-electron chi connectivity index (χ2n) is 9.08. The number of halogens is 2. The van der Waals surface area contributed by atoms with Gasteiger partial charge in [0.15, 0.2) is 0 Å². The number of carbonyl (C=O) groups is 2. The molecule has 5 rings (SSSR count). The predicted molar refractivity (Wildman–Crippen MR) is 100 cm³/mol. The van der Waals surface area contributed by atoms with Crippen molar-refractivity contribution in [2.45, 2.75) is 37.8 Å². The number of fused-ring (bicyclic) bond motifs is 1. The van der Waals surface area contributed by atoms with Crippen LogP contribution in [0.3, 0.4) is 0 Å². The van der Waals surface area contributed by atoms with E-state index in [0.29, 0.717) is 32.6 Å². The largest absolute Gasteiger partial charge is 0.366 e. The van der Waals surface area contributed by atoms with Gasteiger partial charge in [-0.25, -0.2) is 13.6 Å². The number of piperidine rings is 1. The zero-order chi connectivity index (χ0) is 20.2. The maximum absolute atomic E-state index is 13.8. The maximum Gasteiger partial charge on any atom is 0.320 e. The van der Waals surface area contributed by atoms with Gasteiger partial charge in [-0.1, -0.05) is 6.07 Å². The number of nitrogens with one attached hydrogen (secondary N) is 1. The van der Waals surface area contributed by atoms with E-state index in [0.717, 1.165) is 19.3 Å². The van der Waals surface area contributed by atoms with Crippen LogP contribution in [0.2, 0.25) is 0 Å². The van der Waals surface area contributed by atoms with Crippen molar-refractivity contribution >= 4 is 11.9 Å². The minimum absolute atomic E-state index is 0.00866. The van der Waals surface area contributed by atoms with Crippen LogP contribution in [0.5, 0.6) is 0 Å². The van der Waals surface area contributed by atoms with E-state index in [1.165, 1.54) is 18.2 Å². The quantitative estimate of drug-likeness (QED) is 0.818. The first-order valence-corrected chi connectivity index (χ1v) is 10.3. The number of hydrogen-bond donors (Lipinski definition) is 1. The Kier molecular flexibility index (Phi) is 4.49. The molecule has 0 aromatic heterocycles. The summed E-state index contributed by atoms with van der Waals surface area (Å²) in [6, 6.07) is 3.88. The van der Waals surface area contributed by atoms with Crippen LogP contribution in [0.4, 0.5) is 13.6 Å². The summed E-state index contributed by atoms with van der Waals surface area (Å²) >= 11 is 0. The minimum atomic E-state index is -0.474. The van der Waals surface area contributed by atoms with E-state index in [4.69, 9.17) is 4.74 Å². The van der Waals surface area contributed by atoms with Gasteiger partial charge in [-0.15, -0.1) is 0 Å². The van der Waals surface area contributed by atoms with E-state index in [2.05, 4.69) is 5.32 Å². The number of nitrogens with zero attached hydrogens (tertiary/aromatic N) is 2. The lowest BCUT2D eigenvalue weighted by molar-refractivity contribution is -0.140. The Morgan fingerprint density at radius 3 is 2.66 bits per heavy atom. The third-order valence-electron chi connectivity index (χ3n) is 6.92. The first-order chi connectivity index (χ1) is 13.9. The third kappa shape index (κ3) is 3.37. The standard InChI is InChI=1S/C21H25F2N3O3/c22-15-2-1-3-16(23)14(15)6-13-7-21(8-13)11-26(12-21)20(28)25-5-4-18-17(9-25)24-19(27)10-29-18/h1-3,13,17-18H,4-12H2,(H,24,27)/t17-,18+/m1/s1. The van der Waals surface area contributed by atoms with E-state index in [9.17, 15) is 18.4 Å². The molecule has 8 heteroatoms. The monoisotopic (exact) mass is 405 g/mol. The van der Waals surface area contributed by atoms with Gasteiger partial charge in [0.2, 0.25) is 5.91 Å². The lowest BCUT2D eigenvalue weighted by Crippen LogP contribution is -2.68. The zero-order valence-corrected chi connectivity index (χ0v) is 16.2. The summed E-state index contributed by atoms with van der Waals surface area (Å²) in [6.45, 7) is 2.62. The Morgan fingerprint density at radius 1 is 1.21 bits per heavy atom. The molecule has 3 aliphatic heterocycles. The molecule has 1 spiro atoms. The molecular formula is C21H25F2N3O3. The van der Waals surface area contributed by atoms with E-state index >= 15 is 0 Å². The summed E-state index contributed by atoms with van der Waals surface area (Å²) in [6.07, 6.45) is 2.94. The number of hydrogen-bond acceptors (Lipinski definition) is 3. The smallest absolute Gasteiger partial charge is 0.320 e. The molecular weight excluding hydrogens is 380 g/mol. The van der Waals surface area contributed by atoms with Crippen LogP contribution in [0.1, 0.15) is 24.8 Å². The maximum atomic E-state index is 13.8. The molecule has 0 bridgehead atoms. The van der Waals surface area contributed by atoms with Crippen molar-refractivity contribution in [2.24, 2.45) is 11.3 Å². The molecule has 4 aliphatic rings. The fourth-order valence-electron chi connectivity index (χ4n) is 5.56. The zero-order valence-electron chi connectivity index (χ0n) is 16.2. The molecule has 156 valence electrons. The van der Waals surface area contributed by atoms with Crippen molar-refractivity contribution in [1.29, 1.82) is 0 Å². The van der Waals surface area contributed by atoms with Crippen molar-refractivity contribution < 1.29 is 23.1 Å². The van der Waals surface area contributed by atoms with E-state index in [-0.39, 0.29) is 47.6 Å². The van der Waals surface area contributed by atoms with E-state index < -0.39 is 11.6 Å². The average Bonchev–Trinajstić information content (AvgIpc) is 2.63. The molecule has 4 fully saturated rings. The van der Waals surface area contributed by atoms with E-state index in [1.807, 2.05) is 4.90 Å². The predicted octanol–water partition coefficient (Wildman–Crippen LogP) is 1.93. The number of rotatable bonds is 2. The van der Waals surface area contributed by atoms with Crippen molar-refractivity contribution in [1.82, 2.24) is 15.1 Å². The van der Waals surface area contributed by atoms with E-state index in [1.54, 1.807) is 4.90 Å². The number of urea groups is 1. The molecule has 3 amide bonds. The fraction of sp³-hybridized carbons (Fsp3) is 0.619. The molecule has 1 N–H and O–H groups in total. The van der Waals surface area contributed by atoms with Gasteiger partial charge in [-0.05, 0) is 43.7 Å². The molecule has 1 saturated carbocycles. The lowest BCUT2D eigenvalue weighted by atomic mass is 9.56. The Labute approximate surface area is 168 Å². The Balaban J connectivity index is 1.11. The van der Waals surface area contributed by atoms with Gasteiger partial charge in [0.1, 0.15) is 18.2 Å². The normalized spacial score (nSPS) is 28.4. The highest BCUT2D eigenvalue weighted by molar-refractivity contribution is 5.79. The van der Waals surface area contributed by atoms with Crippen LogP contribution in [-0.2, 0) is 16.0 Å². The van der Waals surface area contributed by atoms with Crippen LogP contribution >= 0.6 is 0 Å². The molecule has 1 aliphatic carbocycles. The Bertz CT molecular complexity index is 814. The van der Waals surface area contributed by atoms with Crippen LogP contribution < -0.4 is 5.32 Å².